The number of ether oxygens (including phenoxy) is 2. The largest absolute Gasteiger partial charge is 0.491 e. The molecule has 12 heteroatoms. The Morgan fingerprint density at radius 3 is 2.48 bits per heavy atom. The molecule has 4 N–H and O–H groups in total. The van der Waals surface area contributed by atoms with E-state index >= 15 is 0 Å². The van der Waals surface area contributed by atoms with Crippen LogP contribution in [-0.4, -0.2) is 50.3 Å². The van der Waals surface area contributed by atoms with Crippen LogP contribution in [0.15, 0.2) is 48.7 Å². The first-order valence-corrected chi connectivity index (χ1v) is 12.8. The number of nitrogens with two attached hydrogens (primary N) is 1. The van der Waals surface area contributed by atoms with Crippen LogP contribution in [0.5, 0.6) is 11.5 Å². The SMILES string of the molecule is Cc1cc(C)cc(OCC(C)Nc2nc(N)nc(C(C)(C)F)n2)c1.O=C(O)COc1ccc(Cl)c2cccnc12. The molecule has 0 amide bonds. The standard InChI is InChI=1S/C17H24FN5O.C11H8ClNO3/c1-10-6-11(2)8-13(7-10)24-9-12(3)20-16-22-14(17(4,5)18)21-15(19)23-16;12-8-3-4-9(16-6-10(14)15)11-7(8)2-1-5-13-11/h6-8,12H,9H2,1-5H3,(H3,19,20,21,22,23);1-5H,6H2,(H,14,15). The lowest BCUT2D eigenvalue weighted by molar-refractivity contribution is -0.139. The number of halogens is 2. The molecule has 1 atom stereocenters. The third kappa shape index (κ3) is 8.91. The molecule has 0 spiro atoms. The minimum Gasteiger partial charge on any atom is -0.491 e. The van der Waals surface area contributed by atoms with E-state index in [4.69, 9.17) is 31.9 Å². The number of carboxylic acid groups (broad SMARTS) is 1. The number of alkyl halides is 1. The number of nitrogens with one attached hydrogen (secondary N) is 1. The Balaban J connectivity index is 0.000000238. The van der Waals surface area contributed by atoms with Crippen molar-refractivity contribution in [1.29, 1.82) is 0 Å². The van der Waals surface area contributed by atoms with Gasteiger partial charge in [-0.2, -0.15) is 15.0 Å². The molecule has 2 aromatic carbocycles. The fourth-order valence-electron chi connectivity index (χ4n) is 3.59. The number of carboxylic acids is 1. The number of aryl methyl sites for hydroxylation is 2. The highest BCUT2D eigenvalue weighted by Crippen LogP contribution is 2.29. The number of benzene rings is 2. The zero-order valence-corrected chi connectivity index (χ0v) is 23.7. The molecule has 212 valence electrons. The van der Waals surface area contributed by atoms with Crippen LogP contribution < -0.4 is 20.5 Å². The molecule has 0 aliphatic carbocycles. The topological polar surface area (TPSA) is 145 Å². The molecule has 0 aliphatic heterocycles. The van der Waals surface area contributed by atoms with Crippen LogP contribution in [0.3, 0.4) is 0 Å². The number of aromatic nitrogens is 4. The maximum Gasteiger partial charge on any atom is 0.341 e. The average Bonchev–Trinajstić information content (AvgIpc) is 2.86. The molecule has 0 saturated carbocycles. The normalized spacial score (nSPS) is 11.8. The Labute approximate surface area is 236 Å². The van der Waals surface area contributed by atoms with E-state index < -0.39 is 18.2 Å². The van der Waals surface area contributed by atoms with E-state index in [1.54, 1.807) is 30.5 Å². The second-order valence-electron chi connectivity index (χ2n) is 9.62. The molecule has 1 unspecified atom stereocenters. The van der Waals surface area contributed by atoms with Gasteiger partial charge >= 0.3 is 5.97 Å². The Morgan fingerprint density at radius 1 is 1.12 bits per heavy atom. The number of carbonyl (C=O) groups is 1. The number of rotatable bonds is 9. The summed E-state index contributed by atoms with van der Waals surface area (Å²) in [7, 11) is 0. The monoisotopic (exact) mass is 570 g/mol. The van der Waals surface area contributed by atoms with Crippen molar-refractivity contribution in [2.24, 2.45) is 0 Å². The van der Waals surface area contributed by atoms with Crippen LogP contribution in [0.2, 0.25) is 5.02 Å². The van der Waals surface area contributed by atoms with Gasteiger partial charge in [-0.1, -0.05) is 17.7 Å². The van der Waals surface area contributed by atoms with Gasteiger partial charge in [0.05, 0.1) is 11.1 Å². The average molecular weight is 571 g/mol. The quantitative estimate of drug-likeness (QED) is 0.235. The van der Waals surface area contributed by atoms with E-state index in [-0.39, 0.29) is 23.8 Å². The summed E-state index contributed by atoms with van der Waals surface area (Å²) >= 11 is 5.98. The number of nitrogens with zero attached hydrogens (tertiary/aromatic N) is 4. The molecule has 0 saturated heterocycles. The first-order chi connectivity index (χ1) is 18.8. The van der Waals surface area contributed by atoms with Crippen molar-refractivity contribution in [1.82, 2.24) is 19.9 Å². The Hall–Kier alpha value is -4.25. The summed E-state index contributed by atoms with van der Waals surface area (Å²) in [6.45, 7) is 8.72. The highest BCUT2D eigenvalue weighted by molar-refractivity contribution is 6.35. The summed E-state index contributed by atoms with van der Waals surface area (Å²) in [5, 5.41) is 12.9. The Morgan fingerprint density at radius 2 is 1.82 bits per heavy atom. The van der Waals surface area contributed by atoms with Gasteiger partial charge in [-0.15, -0.1) is 0 Å². The van der Waals surface area contributed by atoms with Crippen molar-refractivity contribution in [3.63, 3.8) is 0 Å². The lowest BCUT2D eigenvalue weighted by Gasteiger charge is -2.18. The van der Waals surface area contributed by atoms with Gasteiger partial charge < -0.3 is 25.6 Å². The Bertz CT molecular complexity index is 1460. The third-order valence-electron chi connectivity index (χ3n) is 5.29. The Kier molecular flexibility index (Phi) is 10.0. The predicted molar refractivity (Wildman–Crippen MR) is 153 cm³/mol. The van der Waals surface area contributed by atoms with E-state index in [0.29, 0.717) is 22.9 Å². The molecule has 0 fully saturated rings. The van der Waals surface area contributed by atoms with Crippen molar-refractivity contribution in [3.05, 3.63) is 70.6 Å². The van der Waals surface area contributed by atoms with Gasteiger partial charge in [0.15, 0.2) is 18.1 Å². The van der Waals surface area contributed by atoms with Gasteiger partial charge in [0, 0.05) is 11.6 Å². The summed E-state index contributed by atoms with van der Waals surface area (Å²) in [5.41, 5.74) is 6.80. The van der Waals surface area contributed by atoms with Gasteiger partial charge in [-0.05, 0) is 82.1 Å². The molecular formula is C28H32ClFN6O4. The minimum absolute atomic E-state index is 0.0000673. The molecule has 0 aliphatic rings. The van der Waals surface area contributed by atoms with Crippen LogP contribution in [0, 0.1) is 13.8 Å². The minimum atomic E-state index is -1.69. The van der Waals surface area contributed by atoms with Crippen molar-refractivity contribution >= 4 is 40.4 Å². The van der Waals surface area contributed by atoms with Crippen LogP contribution >= 0.6 is 11.6 Å². The van der Waals surface area contributed by atoms with Crippen molar-refractivity contribution in [2.75, 3.05) is 24.3 Å². The molecule has 10 nitrogen and oxygen atoms in total. The van der Waals surface area contributed by atoms with Gasteiger partial charge in [0.25, 0.3) is 0 Å². The van der Waals surface area contributed by atoms with Crippen LogP contribution in [0.1, 0.15) is 37.7 Å². The predicted octanol–water partition coefficient (Wildman–Crippen LogP) is 5.51. The first-order valence-electron chi connectivity index (χ1n) is 12.4. The van der Waals surface area contributed by atoms with E-state index in [1.807, 2.05) is 32.9 Å². The van der Waals surface area contributed by atoms with E-state index in [0.717, 1.165) is 22.3 Å². The van der Waals surface area contributed by atoms with Crippen molar-refractivity contribution in [2.45, 2.75) is 46.3 Å². The molecule has 0 bridgehead atoms. The van der Waals surface area contributed by atoms with Crippen LogP contribution in [0.4, 0.5) is 16.3 Å². The van der Waals surface area contributed by atoms with Gasteiger partial charge in [-0.25, -0.2) is 9.18 Å². The smallest absolute Gasteiger partial charge is 0.341 e. The second-order valence-corrected chi connectivity index (χ2v) is 10.0. The van der Waals surface area contributed by atoms with Crippen molar-refractivity contribution in [3.8, 4) is 11.5 Å². The summed E-state index contributed by atoms with van der Waals surface area (Å²) in [6.07, 6.45) is 1.60. The number of pyridine rings is 1. The fraction of sp³-hybridized carbons (Fsp3) is 0.321. The highest BCUT2D eigenvalue weighted by Gasteiger charge is 2.24. The molecule has 40 heavy (non-hydrogen) atoms. The fourth-order valence-corrected chi connectivity index (χ4v) is 3.81. The molecule has 4 rings (SSSR count). The van der Waals surface area contributed by atoms with Gasteiger partial charge in [-0.3, -0.25) is 4.98 Å². The summed E-state index contributed by atoms with van der Waals surface area (Å²) in [6, 6.07) is 12.8. The zero-order chi connectivity index (χ0) is 29.4. The number of fused-ring (bicyclic) bond motifs is 1. The molecular weight excluding hydrogens is 539 g/mol. The van der Waals surface area contributed by atoms with Crippen LogP contribution in [-0.2, 0) is 10.5 Å². The number of anilines is 2. The summed E-state index contributed by atoms with van der Waals surface area (Å²) in [4.78, 5) is 26.4. The number of nitrogen functional groups attached to an aromatic ring is 1. The first kappa shape index (κ1) is 30.3. The second kappa shape index (κ2) is 13.2. The number of aliphatic carboxylic acids is 1. The number of hydrogen-bond acceptors (Lipinski definition) is 9. The molecule has 2 aromatic heterocycles. The van der Waals surface area contributed by atoms with Gasteiger partial charge in [0.2, 0.25) is 11.9 Å². The summed E-state index contributed by atoms with van der Waals surface area (Å²) < 4.78 is 24.9. The molecule has 4 aromatic rings. The van der Waals surface area contributed by atoms with E-state index in [1.165, 1.54) is 13.8 Å². The lowest BCUT2D eigenvalue weighted by Crippen LogP contribution is -2.26. The highest BCUT2D eigenvalue weighted by atomic mass is 35.5. The van der Waals surface area contributed by atoms with Gasteiger partial charge in [0.1, 0.15) is 23.6 Å². The van der Waals surface area contributed by atoms with Crippen LogP contribution in [0.25, 0.3) is 10.9 Å². The summed E-state index contributed by atoms with van der Waals surface area (Å²) in [5.74, 6) is 0.415. The number of hydrogen-bond donors (Lipinski definition) is 3. The maximum atomic E-state index is 14.0. The molecule has 0 radical (unpaired) electrons. The third-order valence-corrected chi connectivity index (χ3v) is 5.62. The lowest BCUT2D eigenvalue weighted by atomic mass is 10.1. The zero-order valence-electron chi connectivity index (χ0n) is 22.9. The van der Waals surface area contributed by atoms with E-state index in [2.05, 4.69) is 31.3 Å². The van der Waals surface area contributed by atoms with Crippen molar-refractivity contribution < 1.29 is 23.8 Å². The molecule has 2 heterocycles. The maximum absolute atomic E-state index is 14.0. The van der Waals surface area contributed by atoms with E-state index in [9.17, 15) is 9.18 Å².